The molecular formula is C25H17Cl2F3N6O. The molecule has 0 fully saturated rings. The molecule has 0 saturated heterocycles. The van der Waals surface area contributed by atoms with E-state index in [1.165, 1.54) is 6.07 Å². The van der Waals surface area contributed by atoms with Gasteiger partial charge in [0, 0.05) is 33.4 Å². The van der Waals surface area contributed by atoms with E-state index in [-0.39, 0.29) is 22.9 Å². The number of fused-ring (bicyclic) bond motifs is 1. The molecule has 3 aromatic heterocycles. The van der Waals surface area contributed by atoms with Crippen LogP contribution in [0, 0.1) is 6.92 Å². The Bertz CT molecular complexity index is 1630. The maximum Gasteiger partial charge on any atom is 0.433 e. The van der Waals surface area contributed by atoms with Gasteiger partial charge in [-0.2, -0.15) is 23.4 Å². The third-order valence-corrected chi connectivity index (χ3v) is 6.21. The van der Waals surface area contributed by atoms with Crippen molar-refractivity contribution in [3.8, 4) is 11.3 Å². The van der Waals surface area contributed by atoms with Crippen molar-refractivity contribution in [2.24, 2.45) is 0 Å². The van der Waals surface area contributed by atoms with Crippen LogP contribution in [-0.2, 0) is 12.7 Å². The van der Waals surface area contributed by atoms with Crippen LogP contribution in [0.15, 0.2) is 66.7 Å². The first-order valence-electron chi connectivity index (χ1n) is 10.9. The molecular weight excluding hydrogens is 528 g/mol. The van der Waals surface area contributed by atoms with Crippen LogP contribution in [0.2, 0.25) is 10.0 Å². The van der Waals surface area contributed by atoms with Gasteiger partial charge in [-0.3, -0.25) is 9.48 Å². The van der Waals surface area contributed by atoms with Gasteiger partial charge in [0.1, 0.15) is 0 Å². The van der Waals surface area contributed by atoms with Gasteiger partial charge in [-0.15, -0.1) is 0 Å². The van der Waals surface area contributed by atoms with Crippen LogP contribution >= 0.6 is 23.2 Å². The molecule has 7 nitrogen and oxygen atoms in total. The number of aryl methyl sites for hydroxylation is 1. The molecule has 12 heteroatoms. The number of nitrogens with one attached hydrogen (secondary N) is 1. The van der Waals surface area contributed by atoms with Crippen LogP contribution in [0.5, 0.6) is 0 Å². The lowest BCUT2D eigenvalue weighted by atomic mass is 10.1. The minimum atomic E-state index is -4.74. The minimum absolute atomic E-state index is 0.0669. The SMILES string of the molecule is Cc1cc(NC(=O)c2cc3nc(-c4ccc(Cl)cc4)cc(C(F)(F)F)n3n2)nn1Cc1ccccc1Cl. The fourth-order valence-corrected chi connectivity index (χ4v) is 4.08. The summed E-state index contributed by atoms with van der Waals surface area (Å²) in [6.07, 6.45) is -4.74. The van der Waals surface area contributed by atoms with Gasteiger partial charge in [-0.25, -0.2) is 9.50 Å². The van der Waals surface area contributed by atoms with E-state index in [1.807, 2.05) is 25.1 Å². The Morgan fingerprint density at radius 3 is 2.43 bits per heavy atom. The molecule has 0 bridgehead atoms. The Labute approximate surface area is 218 Å². The predicted octanol–water partition coefficient (Wildman–Crippen LogP) is 6.53. The first-order valence-corrected chi connectivity index (χ1v) is 11.7. The fourth-order valence-electron chi connectivity index (χ4n) is 3.76. The van der Waals surface area contributed by atoms with Gasteiger partial charge in [0.05, 0.1) is 12.2 Å². The van der Waals surface area contributed by atoms with Gasteiger partial charge in [0.25, 0.3) is 5.91 Å². The summed E-state index contributed by atoms with van der Waals surface area (Å²) >= 11 is 12.1. The zero-order chi connectivity index (χ0) is 26.3. The molecule has 0 aliphatic rings. The van der Waals surface area contributed by atoms with Crippen molar-refractivity contribution >= 4 is 40.6 Å². The smallest absolute Gasteiger partial charge is 0.304 e. The summed E-state index contributed by atoms with van der Waals surface area (Å²) in [4.78, 5) is 17.2. The molecule has 0 radical (unpaired) electrons. The number of nitrogens with zero attached hydrogens (tertiary/aromatic N) is 5. The normalized spacial score (nSPS) is 11.7. The monoisotopic (exact) mass is 544 g/mol. The second-order valence-corrected chi connectivity index (χ2v) is 9.05. The van der Waals surface area contributed by atoms with E-state index in [0.717, 1.165) is 17.3 Å². The Balaban J connectivity index is 1.45. The van der Waals surface area contributed by atoms with Crippen LogP contribution in [0.1, 0.15) is 27.4 Å². The van der Waals surface area contributed by atoms with Gasteiger partial charge in [0.2, 0.25) is 0 Å². The van der Waals surface area contributed by atoms with E-state index in [0.29, 0.717) is 26.7 Å². The van der Waals surface area contributed by atoms with E-state index in [9.17, 15) is 18.0 Å². The number of benzene rings is 2. The summed E-state index contributed by atoms with van der Waals surface area (Å²) in [7, 11) is 0. The van der Waals surface area contributed by atoms with Crippen molar-refractivity contribution in [1.82, 2.24) is 24.4 Å². The summed E-state index contributed by atoms with van der Waals surface area (Å²) in [5, 5.41) is 11.9. The number of alkyl halides is 3. The number of aromatic nitrogens is 5. The van der Waals surface area contributed by atoms with Gasteiger partial charge < -0.3 is 5.32 Å². The number of carbonyl (C=O) groups is 1. The number of carbonyl (C=O) groups excluding carboxylic acids is 1. The first kappa shape index (κ1) is 24.8. The van der Waals surface area contributed by atoms with Crippen LogP contribution in [0.3, 0.4) is 0 Å². The van der Waals surface area contributed by atoms with Crippen LogP contribution < -0.4 is 5.32 Å². The molecule has 0 saturated carbocycles. The maximum absolute atomic E-state index is 13.9. The van der Waals surface area contributed by atoms with Gasteiger partial charge in [-0.1, -0.05) is 53.5 Å². The van der Waals surface area contributed by atoms with Crippen molar-refractivity contribution in [2.45, 2.75) is 19.6 Å². The number of amides is 1. The van der Waals surface area contributed by atoms with E-state index < -0.39 is 17.8 Å². The molecule has 3 heterocycles. The van der Waals surface area contributed by atoms with E-state index in [2.05, 4.69) is 20.5 Å². The van der Waals surface area contributed by atoms with Crippen LogP contribution in [-0.4, -0.2) is 30.3 Å². The van der Waals surface area contributed by atoms with Gasteiger partial charge >= 0.3 is 6.18 Å². The molecule has 0 atom stereocenters. The average molecular weight is 545 g/mol. The van der Waals surface area contributed by atoms with Crippen molar-refractivity contribution in [1.29, 1.82) is 0 Å². The number of halogens is 5. The van der Waals surface area contributed by atoms with E-state index in [1.54, 1.807) is 41.1 Å². The third-order valence-electron chi connectivity index (χ3n) is 5.59. The fraction of sp³-hybridized carbons (Fsp3) is 0.120. The van der Waals surface area contributed by atoms with E-state index >= 15 is 0 Å². The Morgan fingerprint density at radius 2 is 1.73 bits per heavy atom. The molecule has 1 N–H and O–H groups in total. The van der Waals surface area contributed by atoms with Crippen LogP contribution in [0.4, 0.5) is 19.0 Å². The predicted molar refractivity (Wildman–Crippen MR) is 134 cm³/mol. The lowest BCUT2D eigenvalue weighted by Gasteiger charge is -2.11. The largest absolute Gasteiger partial charge is 0.433 e. The van der Waals surface area contributed by atoms with Crippen molar-refractivity contribution in [2.75, 3.05) is 5.32 Å². The van der Waals surface area contributed by atoms with Gasteiger partial charge in [-0.05, 0) is 36.8 Å². The number of anilines is 1. The quantitative estimate of drug-likeness (QED) is 0.273. The van der Waals surface area contributed by atoms with Crippen LogP contribution in [0.25, 0.3) is 16.9 Å². The standard InChI is InChI=1S/C25H17Cl2F3N6O/c1-14-10-22(34-35(14)13-16-4-2-3-5-18(16)27)32-24(37)20-12-23-31-19(15-6-8-17(26)9-7-15)11-21(25(28,29)30)36(23)33-20/h2-12H,13H2,1H3,(H,32,34,37). The zero-order valence-electron chi connectivity index (χ0n) is 19.1. The molecule has 2 aromatic carbocycles. The topological polar surface area (TPSA) is 77.1 Å². The highest BCUT2D eigenvalue weighted by Crippen LogP contribution is 2.32. The molecule has 0 spiro atoms. The Morgan fingerprint density at radius 1 is 1.00 bits per heavy atom. The Hall–Kier alpha value is -3.89. The molecule has 0 aliphatic heterocycles. The van der Waals surface area contributed by atoms with E-state index in [4.69, 9.17) is 23.2 Å². The van der Waals surface area contributed by atoms with Crippen molar-refractivity contribution < 1.29 is 18.0 Å². The highest BCUT2D eigenvalue weighted by molar-refractivity contribution is 6.31. The molecule has 37 heavy (non-hydrogen) atoms. The molecule has 0 unspecified atom stereocenters. The highest BCUT2D eigenvalue weighted by Gasteiger charge is 2.35. The second-order valence-electron chi connectivity index (χ2n) is 8.20. The van der Waals surface area contributed by atoms with Crippen molar-refractivity contribution in [3.05, 3.63) is 99.4 Å². The van der Waals surface area contributed by atoms with Gasteiger partial charge in [0.15, 0.2) is 22.9 Å². The summed E-state index contributed by atoms with van der Waals surface area (Å²) in [6.45, 7) is 2.18. The molecule has 1 amide bonds. The van der Waals surface area contributed by atoms with Crippen molar-refractivity contribution in [3.63, 3.8) is 0 Å². The number of hydrogen-bond acceptors (Lipinski definition) is 4. The summed E-state index contributed by atoms with van der Waals surface area (Å²) < 4.78 is 43.8. The molecule has 0 aliphatic carbocycles. The third kappa shape index (κ3) is 5.16. The lowest BCUT2D eigenvalue weighted by molar-refractivity contribution is -0.142. The average Bonchev–Trinajstić information content (AvgIpc) is 3.42. The summed E-state index contributed by atoms with van der Waals surface area (Å²) in [5.74, 6) is -0.508. The Kier molecular flexibility index (Phi) is 6.38. The maximum atomic E-state index is 13.9. The molecule has 5 rings (SSSR count). The highest BCUT2D eigenvalue weighted by atomic mass is 35.5. The molecule has 5 aromatic rings. The zero-order valence-corrected chi connectivity index (χ0v) is 20.6. The number of hydrogen-bond donors (Lipinski definition) is 1. The summed E-state index contributed by atoms with van der Waals surface area (Å²) in [5.41, 5.74) is 0.646. The number of rotatable bonds is 5. The lowest BCUT2D eigenvalue weighted by Crippen LogP contribution is -2.16. The second kappa shape index (κ2) is 9.53. The molecule has 188 valence electrons. The summed E-state index contributed by atoms with van der Waals surface area (Å²) in [6, 6.07) is 17.2. The first-order chi connectivity index (χ1) is 17.6. The minimum Gasteiger partial charge on any atom is -0.304 e.